The van der Waals surface area contributed by atoms with Gasteiger partial charge in [0.05, 0.1) is 12.7 Å². The number of nitrogens with one attached hydrogen (secondary N) is 4. The number of carbonyl (C=O) groups excluding carboxylic acids is 8. The summed E-state index contributed by atoms with van der Waals surface area (Å²) in [5.74, 6) is -4.65. The van der Waals surface area contributed by atoms with Crippen LogP contribution in [-0.2, 0) is 76.3 Å². The van der Waals surface area contributed by atoms with Crippen LogP contribution >= 0.6 is 0 Å². The molecule has 428 valence electrons. The Bertz CT molecular complexity index is 2670. The number of nitrogens with zero attached hydrogens (tertiary/aromatic N) is 6. The largest absolute Gasteiger partial charge is 0.463 e. The highest BCUT2D eigenvalue weighted by Crippen LogP contribution is 2.37. The SMILES string of the molecule is CCCCCCCCC(=O)Nc1nc2c(ncn2C2OC(COC(C)=O)C(OC(C)=O)C2OC(C)=O)c(=O)[nH]1.CCCCCCCCC(=O)Nc1nc2c(ncn2C2OC(COC(C)=O)C(OC(C)=O)C2OC(C)=O)c(=O)[nH]1. The molecular formula is C50H70N10O18. The van der Waals surface area contributed by atoms with Crippen molar-refractivity contribution < 1.29 is 76.3 Å². The molecule has 4 aromatic rings. The molecule has 8 unspecified atom stereocenters. The number of amides is 2. The normalized spacial score (nSPS) is 20.5. The monoisotopic (exact) mass is 1100 g/mol. The fourth-order valence-electron chi connectivity index (χ4n) is 8.70. The number of ether oxygens (including phenoxy) is 8. The fraction of sp³-hybridized carbons (Fsp3) is 0.640. The average Bonchev–Trinajstić information content (AvgIpc) is 4.14. The lowest BCUT2D eigenvalue weighted by Crippen LogP contribution is -2.40. The second-order valence-corrected chi connectivity index (χ2v) is 18.6. The Hall–Kier alpha value is -7.62. The number of aromatic nitrogens is 8. The predicted molar refractivity (Wildman–Crippen MR) is 273 cm³/mol. The minimum atomic E-state index is -1.18. The molecule has 0 spiro atoms. The minimum absolute atomic E-state index is 0.0329. The number of H-pyrrole nitrogens is 2. The van der Waals surface area contributed by atoms with Gasteiger partial charge in [-0.2, -0.15) is 9.97 Å². The number of hydrogen-bond donors (Lipinski definition) is 4. The van der Waals surface area contributed by atoms with Crippen molar-refractivity contribution in [2.75, 3.05) is 23.8 Å². The van der Waals surface area contributed by atoms with Crippen LogP contribution in [0.5, 0.6) is 0 Å². The summed E-state index contributed by atoms with van der Waals surface area (Å²) in [5.41, 5.74) is -1.26. The molecular weight excluding hydrogens is 1030 g/mol. The van der Waals surface area contributed by atoms with E-state index >= 15 is 0 Å². The van der Waals surface area contributed by atoms with Crippen LogP contribution in [0.1, 0.15) is 158 Å². The maximum absolute atomic E-state index is 12.7. The first kappa shape index (κ1) is 61.2. The van der Waals surface area contributed by atoms with Crippen LogP contribution in [-0.4, -0.2) is 137 Å². The minimum Gasteiger partial charge on any atom is -0.463 e. The maximum Gasteiger partial charge on any atom is 0.303 e. The van der Waals surface area contributed by atoms with Gasteiger partial charge in [0.1, 0.15) is 25.4 Å². The summed E-state index contributed by atoms with van der Waals surface area (Å²) in [6.45, 7) is 10.8. The maximum atomic E-state index is 12.7. The molecule has 2 fully saturated rings. The van der Waals surface area contributed by atoms with Crippen molar-refractivity contribution in [3.05, 3.63) is 33.4 Å². The Morgan fingerprint density at radius 1 is 0.500 bits per heavy atom. The van der Waals surface area contributed by atoms with Gasteiger partial charge in [0.25, 0.3) is 11.1 Å². The summed E-state index contributed by atoms with van der Waals surface area (Å²) >= 11 is 0. The Morgan fingerprint density at radius 2 is 0.833 bits per heavy atom. The predicted octanol–water partition coefficient (Wildman–Crippen LogP) is 4.27. The number of esters is 6. The third-order valence-corrected chi connectivity index (χ3v) is 12.1. The number of unbranched alkanes of at least 4 members (excludes halogenated alkanes) is 10. The van der Waals surface area contributed by atoms with E-state index in [1.165, 1.54) is 76.2 Å². The van der Waals surface area contributed by atoms with Gasteiger partial charge in [-0.25, -0.2) is 9.97 Å². The first-order valence-corrected chi connectivity index (χ1v) is 26.0. The topological polar surface area (TPSA) is 362 Å². The lowest BCUT2D eigenvalue weighted by atomic mass is 10.1. The van der Waals surface area contributed by atoms with Gasteiger partial charge in [0.2, 0.25) is 23.7 Å². The number of fused-ring (bicyclic) bond motifs is 2. The lowest BCUT2D eigenvalue weighted by Gasteiger charge is -2.23. The number of rotatable bonds is 26. The zero-order valence-corrected chi connectivity index (χ0v) is 45.1. The van der Waals surface area contributed by atoms with Crippen LogP contribution < -0.4 is 21.8 Å². The molecule has 0 aromatic carbocycles. The summed E-state index contributed by atoms with van der Waals surface area (Å²) in [6, 6.07) is 0. The van der Waals surface area contributed by atoms with Crippen LogP contribution in [0.3, 0.4) is 0 Å². The summed E-state index contributed by atoms with van der Waals surface area (Å²) in [4.78, 5) is 142. The summed E-state index contributed by atoms with van der Waals surface area (Å²) in [7, 11) is 0. The van der Waals surface area contributed by atoms with E-state index in [-0.39, 0.29) is 72.1 Å². The molecule has 6 rings (SSSR count). The van der Waals surface area contributed by atoms with Crippen LogP contribution in [0.2, 0.25) is 0 Å². The average molecular weight is 1100 g/mol. The molecule has 6 heterocycles. The molecule has 4 N–H and O–H groups in total. The standard InChI is InChI=1S/2C25H35N5O9/c2*1-5-6-7-8-9-10-11-18(34)27-25-28-22-19(23(35)29-25)26-13-30(22)24-21(38-16(4)33)20(37-15(3)32)17(39-24)12-36-14(2)31/h2*13,17,20-21,24H,5-12H2,1-4H3,(H2,27,28,29,34,35). The third kappa shape index (κ3) is 17.7. The molecule has 2 aliphatic rings. The Morgan fingerprint density at radius 3 is 1.17 bits per heavy atom. The fourth-order valence-corrected chi connectivity index (χ4v) is 8.70. The van der Waals surface area contributed by atoms with Gasteiger partial charge in [-0.1, -0.05) is 78.1 Å². The zero-order valence-electron chi connectivity index (χ0n) is 45.1. The summed E-state index contributed by atoms with van der Waals surface area (Å²) in [6.07, 6.45) is 6.40. The number of carbonyl (C=O) groups is 8. The third-order valence-electron chi connectivity index (χ3n) is 12.1. The summed E-state index contributed by atoms with van der Waals surface area (Å²) in [5, 5.41) is 5.21. The smallest absolute Gasteiger partial charge is 0.303 e. The van der Waals surface area contributed by atoms with Crippen molar-refractivity contribution in [3.63, 3.8) is 0 Å². The molecule has 2 amide bonds. The molecule has 2 aliphatic heterocycles. The van der Waals surface area contributed by atoms with E-state index in [1.54, 1.807) is 0 Å². The molecule has 0 radical (unpaired) electrons. The van der Waals surface area contributed by atoms with Crippen LogP contribution in [0, 0.1) is 0 Å². The number of imidazole rings is 2. The molecule has 0 bridgehead atoms. The van der Waals surface area contributed by atoms with E-state index in [2.05, 4.69) is 54.4 Å². The van der Waals surface area contributed by atoms with Gasteiger partial charge in [-0.05, 0) is 12.8 Å². The van der Waals surface area contributed by atoms with Gasteiger partial charge in [-0.15, -0.1) is 0 Å². The van der Waals surface area contributed by atoms with Crippen molar-refractivity contribution in [1.82, 2.24) is 39.0 Å². The lowest BCUT2D eigenvalue weighted by molar-refractivity contribution is -0.166. The second-order valence-electron chi connectivity index (χ2n) is 18.6. The summed E-state index contributed by atoms with van der Waals surface area (Å²) < 4.78 is 46.4. The Labute approximate surface area is 447 Å². The van der Waals surface area contributed by atoms with E-state index in [4.69, 9.17) is 37.9 Å². The molecule has 28 nitrogen and oxygen atoms in total. The highest BCUT2D eigenvalue weighted by Gasteiger charge is 2.52. The van der Waals surface area contributed by atoms with Crippen molar-refractivity contribution in [3.8, 4) is 0 Å². The van der Waals surface area contributed by atoms with E-state index in [1.807, 2.05) is 0 Å². The Balaban J connectivity index is 0.000000287. The molecule has 78 heavy (non-hydrogen) atoms. The highest BCUT2D eigenvalue weighted by molar-refractivity contribution is 5.90. The van der Waals surface area contributed by atoms with E-state index in [0.29, 0.717) is 12.8 Å². The van der Waals surface area contributed by atoms with Gasteiger partial charge in [-0.3, -0.25) is 77.7 Å². The number of hydrogen-bond acceptors (Lipinski definition) is 22. The Kier molecular flexibility index (Phi) is 23.4. The van der Waals surface area contributed by atoms with Gasteiger partial charge >= 0.3 is 35.8 Å². The quantitative estimate of drug-likeness (QED) is 0.0387. The zero-order chi connectivity index (χ0) is 57.1. The van der Waals surface area contributed by atoms with E-state index < -0.39 is 96.0 Å². The first-order chi connectivity index (χ1) is 37.2. The molecule has 28 heteroatoms. The number of aromatic amines is 2. The molecule has 0 saturated carbocycles. The van der Waals surface area contributed by atoms with Crippen molar-refractivity contribution >= 4 is 81.9 Å². The molecule has 2 saturated heterocycles. The van der Waals surface area contributed by atoms with E-state index in [9.17, 15) is 47.9 Å². The molecule has 0 aliphatic carbocycles. The van der Waals surface area contributed by atoms with Crippen LogP contribution in [0.4, 0.5) is 11.9 Å². The first-order valence-electron chi connectivity index (χ1n) is 26.0. The van der Waals surface area contributed by atoms with Crippen LogP contribution in [0.25, 0.3) is 22.3 Å². The van der Waals surface area contributed by atoms with Gasteiger partial charge < -0.3 is 37.9 Å². The number of anilines is 2. The van der Waals surface area contributed by atoms with Gasteiger partial charge in [0.15, 0.2) is 59.2 Å². The van der Waals surface area contributed by atoms with Crippen molar-refractivity contribution in [1.29, 1.82) is 0 Å². The highest BCUT2D eigenvalue weighted by atomic mass is 16.7. The van der Waals surface area contributed by atoms with Crippen molar-refractivity contribution in [2.24, 2.45) is 0 Å². The van der Waals surface area contributed by atoms with E-state index in [0.717, 1.165) is 51.4 Å². The molecule has 8 atom stereocenters. The van der Waals surface area contributed by atoms with Crippen molar-refractivity contribution in [2.45, 2.75) is 194 Å². The second kappa shape index (κ2) is 29.8. The van der Waals surface area contributed by atoms with Crippen LogP contribution in [0.15, 0.2) is 22.2 Å². The van der Waals surface area contributed by atoms with Gasteiger partial charge in [0, 0.05) is 54.4 Å². The molecule has 4 aromatic heterocycles.